The summed E-state index contributed by atoms with van der Waals surface area (Å²) in [6.07, 6.45) is 0.711. The van der Waals surface area contributed by atoms with Crippen LogP contribution >= 0.6 is 22.9 Å². The highest BCUT2D eigenvalue weighted by Crippen LogP contribution is 2.24. The third kappa shape index (κ3) is 3.15. The quantitative estimate of drug-likeness (QED) is 0.885. The first kappa shape index (κ1) is 12.3. The van der Waals surface area contributed by atoms with Crippen LogP contribution in [0.4, 0.5) is 0 Å². The maximum absolute atomic E-state index is 10.9. The minimum absolute atomic E-state index is 0.0233. The Morgan fingerprint density at radius 3 is 3.12 bits per heavy atom. The first-order valence-electron chi connectivity index (χ1n) is 5.21. The van der Waals surface area contributed by atoms with Gasteiger partial charge >= 0.3 is 0 Å². The van der Waals surface area contributed by atoms with Gasteiger partial charge in [0.05, 0.1) is 21.8 Å². The fourth-order valence-electron chi connectivity index (χ4n) is 1.44. The summed E-state index contributed by atoms with van der Waals surface area (Å²) in [4.78, 5) is 15.4. The molecule has 0 atom stereocenters. The van der Waals surface area contributed by atoms with Crippen LogP contribution in [0.3, 0.4) is 0 Å². The third-order valence-corrected chi connectivity index (χ3v) is 3.57. The minimum Gasteiger partial charge on any atom is -0.355 e. The number of nitrogens with zero attached hydrogens (tertiary/aromatic N) is 1. The zero-order chi connectivity index (χ0) is 12.3. The number of nitrogens with two attached hydrogens (primary N) is 1. The molecule has 0 unspecified atom stereocenters. The summed E-state index contributed by atoms with van der Waals surface area (Å²) < 4.78 is 1.11. The molecule has 0 bridgehead atoms. The molecule has 1 aromatic carbocycles. The van der Waals surface area contributed by atoms with Crippen LogP contribution in [0.1, 0.15) is 5.01 Å². The molecule has 2 rings (SSSR count). The molecular weight excluding hydrogens is 258 g/mol. The van der Waals surface area contributed by atoms with E-state index in [1.165, 1.54) is 0 Å². The maximum atomic E-state index is 10.9. The third-order valence-electron chi connectivity index (χ3n) is 2.24. The van der Waals surface area contributed by atoms with E-state index in [4.69, 9.17) is 17.3 Å². The molecule has 0 aliphatic heterocycles. The number of carbonyl (C=O) groups is 1. The zero-order valence-electron chi connectivity index (χ0n) is 9.07. The second-order valence-corrected chi connectivity index (χ2v) is 5.08. The fraction of sp³-hybridized carbons (Fsp3) is 0.273. The molecule has 2 aromatic rings. The van der Waals surface area contributed by atoms with E-state index in [2.05, 4.69) is 10.3 Å². The van der Waals surface area contributed by atoms with E-state index in [1.54, 1.807) is 11.3 Å². The van der Waals surface area contributed by atoms with Crippen molar-refractivity contribution in [2.24, 2.45) is 5.73 Å². The van der Waals surface area contributed by atoms with Crippen molar-refractivity contribution in [1.29, 1.82) is 0 Å². The molecule has 90 valence electrons. The molecule has 1 amide bonds. The average Bonchev–Trinajstić information content (AvgIpc) is 2.70. The van der Waals surface area contributed by atoms with Crippen molar-refractivity contribution in [2.45, 2.75) is 6.42 Å². The topological polar surface area (TPSA) is 68.0 Å². The van der Waals surface area contributed by atoms with Crippen molar-refractivity contribution in [2.75, 3.05) is 13.1 Å². The van der Waals surface area contributed by atoms with Crippen LogP contribution in [0.15, 0.2) is 18.2 Å². The lowest BCUT2D eigenvalue weighted by molar-refractivity contribution is -0.119. The highest BCUT2D eigenvalue weighted by atomic mass is 35.5. The molecule has 0 saturated heterocycles. The number of carbonyl (C=O) groups excluding carboxylic acids is 1. The van der Waals surface area contributed by atoms with Crippen molar-refractivity contribution >= 4 is 39.1 Å². The summed E-state index contributed by atoms with van der Waals surface area (Å²) in [7, 11) is 0. The Morgan fingerprint density at radius 1 is 1.53 bits per heavy atom. The van der Waals surface area contributed by atoms with Crippen LogP contribution in [-0.2, 0) is 11.2 Å². The normalized spacial score (nSPS) is 10.7. The lowest BCUT2D eigenvalue weighted by Crippen LogP contribution is -2.31. The summed E-state index contributed by atoms with van der Waals surface area (Å²) >= 11 is 7.50. The molecule has 0 aliphatic rings. The molecule has 1 heterocycles. The number of hydrogen-bond acceptors (Lipinski definition) is 4. The van der Waals surface area contributed by atoms with Gasteiger partial charge in [0.2, 0.25) is 5.91 Å². The predicted molar refractivity (Wildman–Crippen MR) is 70.4 cm³/mol. The molecule has 0 radical (unpaired) electrons. The lowest BCUT2D eigenvalue weighted by atomic mass is 10.3. The summed E-state index contributed by atoms with van der Waals surface area (Å²) in [6.45, 7) is 0.582. The van der Waals surface area contributed by atoms with E-state index < -0.39 is 0 Å². The Morgan fingerprint density at radius 2 is 2.35 bits per heavy atom. The molecule has 17 heavy (non-hydrogen) atoms. The summed E-state index contributed by atoms with van der Waals surface area (Å²) in [5, 5.41) is 4.38. The van der Waals surface area contributed by atoms with Crippen LogP contribution in [0.2, 0.25) is 5.02 Å². The Bertz CT molecular complexity index is 540. The molecule has 0 fully saturated rings. The van der Waals surface area contributed by atoms with Crippen LogP contribution in [0.25, 0.3) is 10.2 Å². The van der Waals surface area contributed by atoms with Crippen LogP contribution < -0.4 is 11.1 Å². The largest absolute Gasteiger partial charge is 0.355 e. The van der Waals surface area contributed by atoms with Crippen molar-refractivity contribution in [3.8, 4) is 0 Å². The standard InChI is InChI=1S/C11H12ClN3OS/c12-7-1-2-9-8(5-7)15-11(17-9)3-4-14-10(16)6-13/h1-2,5H,3-4,6,13H2,(H,14,16). The van der Waals surface area contributed by atoms with E-state index in [0.717, 1.165) is 15.2 Å². The molecule has 6 heteroatoms. The number of fused-ring (bicyclic) bond motifs is 1. The Hall–Kier alpha value is -1.17. The number of aromatic nitrogens is 1. The minimum atomic E-state index is -0.144. The molecular formula is C11H12ClN3OS. The number of hydrogen-bond donors (Lipinski definition) is 2. The monoisotopic (exact) mass is 269 g/mol. The van der Waals surface area contributed by atoms with Gasteiger partial charge < -0.3 is 11.1 Å². The van der Waals surface area contributed by atoms with E-state index in [1.807, 2.05) is 18.2 Å². The number of rotatable bonds is 4. The first-order valence-corrected chi connectivity index (χ1v) is 6.40. The van der Waals surface area contributed by atoms with Crippen molar-refractivity contribution in [3.05, 3.63) is 28.2 Å². The van der Waals surface area contributed by atoms with Gasteiger partial charge in [-0.2, -0.15) is 0 Å². The van der Waals surface area contributed by atoms with Crippen molar-refractivity contribution in [1.82, 2.24) is 10.3 Å². The highest BCUT2D eigenvalue weighted by Gasteiger charge is 2.04. The number of benzene rings is 1. The van der Waals surface area contributed by atoms with Gasteiger partial charge in [-0.3, -0.25) is 4.79 Å². The first-order chi connectivity index (χ1) is 8.19. The van der Waals surface area contributed by atoms with Gasteiger partial charge in [0.15, 0.2) is 0 Å². The smallest absolute Gasteiger partial charge is 0.233 e. The Kier molecular flexibility index (Phi) is 3.93. The molecule has 0 saturated carbocycles. The van der Waals surface area contributed by atoms with Gasteiger partial charge in [0, 0.05) is 18.0 Å². The molecule has 1 aromatic heterocycles. The van der Waals surface area contributed by atoms with E-state index in [-0.39, 0.29) is 12.5 Å². The molecule has 0 aliphatic carbocycles. The van der Waals surface area contributed by atoms with E-state index >= 15 is 0 Å². The van der Waals surface area contributed by atoms with Crippen molar-refractivity contribution in [3.63, 3.8) is 0 Å². The van der Waals surface area contributed by atoms with Gasteiger partial charge in [0.25, 0.3) is 0 Å². The molecule has 0 spiro atoms. The molecule has 3 N–H and O–H groups in total. The highest BCUT2D eigenvalue weighted by molar-refractivity contribution is 7.18. The van der Waals surface area contributed by atoms with E-state index in [9.17, 15) is 4.79 Å². The summed E-state index contributed by atoms with van der Waals surface area (Å²) in [5.74, 6) is -0.144. The number of nitrogens with one attached hydrogen (secondary N) is 1. The van der Waals surface area contributed by atoms with Crippen LogP contribution in [0, 0.1) is 0 Å². The van der Waals surface area contributed by atoms with Gasteiger partial charge in [-0.25, -0.2) is 4.98 Å². The van der Waals surface area contributed by atoms with Gasteiger partial charge in [-0.05, 0) is 18.2 Å². The summed E-state index contributed by atoms with van der Waals surface area (Å²) in [6, 6.07) is 5.65. The second kappa shape index (κ2) is 5.44. The predicted octanol–water partition coefficient (Wildman–Crippen LogP) is 1.57. The number of halogens is 1. The van der Waals surface area contributed by atoms with Gasteiger partial charge in [-0.15, -0.1) is 11.3 Å². The fourth-order valence-corrected chi connectivity index (χ4v) is 2.55. The SMILES string of the molecule is NCC(=O)NCCc1nc2cc(Cl)ccc2s1. The second-order valence-electron chi connectivity index (χ2n) is 3.52. The number of amides is 1. The van der Waals surface area contributed by atoms with Gasteiger partial charge in [0.1, 0.15) is 0 Å². The van der Waals surface area contributed by atoms with Crippen LogP contribution in [-0.4, -0.2) is 24.0 Å². The van der Waals surface area contributed by atoms with E-state index in [0.29, 0.717) is 18.0 Å². The Labute approximate surface area is 108 Å². The maximum Gasteiger partial charge on any atom is 0.233 e. The Balaban J connectivity index is 2.02. The van der Waals surface area contributed by atoms with Crippen molar-refractivity contribution < 1.29 is 4.79 Å². The van der Waals surface area contributed by atoms with Crippen LogP contribution in [0.5, 0.6) is 0 Å². The zero-order valence-corrected chi connectivity index (χ0v) is 10.6. The lowest BCUT2D eigenvalue weighted by Gasteiger charge is -1.99. The molecule has 4 nitrogen and oxygen atoms in total. The number of thiazole rings is 1. The average molecular weight is 270 g/mol. The van der Waals surface area contributed by atoms with Gasteiger partial charge in [-0.1, -0.05) is 11.6 Å². The summed E-state index contributed by atoms with van der Waals surface area (Å²) in [5.41, 5.74) is 6.09.